The van der Waals surface area contributed by atoms with E-state index in [0.29, 0.717) is 12.0 Å². The van der Waals surface area contributed by atoms with Crippen molar-refractivity contribution in [2.24, 2.45) is 5.92 Å². The molecule has 0 saturated carbocycles. The van der Waals surface area contributed by atoms with Crippen LogP contribution in [-0.2, 0) is 0 Å². The maximum Gasteiger partial charge on any atom is 0.0467 e. The van der Waals surface area contributed by atoms with E-state index in [1.807, 2.05) is 11.3 Å². The van der Waals surface area contributed by atoms with Gasteiger partial charge in [0, 0.05) is 23.0 Å². The minimum Gasteiger partial charge on any atom is -0.312 e. The van der Waals surface area contributed by atoms with E-state index in [-0.39, 0.29) is 0 Å². The molecule has 3 heteroatoms. The van der Waals surface area contributed by atoms with Crippen LogP contribution in [-0.4, -0.2) is 30.1 Å². The van der Waals surface area contributed by atoms with Crippen molar-refractivity contribution >= 4 is 11.3 Å². The Balaban J connectivity index is 1.80. The normalized spacial score (nSPS) is 30.3. The molecular weight excluding hydrogens is 252 g/mol. The van der Waals surface area contributed by atoms with Crippen molar-refractivity contribution in [3.8, 4) is 0 Å². The predicted molar refractivity (Wildman–Crippen MR) is 82.7 cm³/mol. The molecule has 3 unspecified atom stereocenters. The van der Waals surface area contributed by atoms with Crippen LogP contribution >= 0.6 is 11.3 Å². The Morgan fingerprint density at radius 2 is 2.21 bits per heavy atom. The van der Waals surface area contributed by atoms with E-state index in [0.717, 1.165) is 12.1 Å². The van der Waals surface area contributed by atoms with Crippen molar-refractivity contribution < 1.29 is 0 Å². The molecule has 2 aliphatic heterocycles. The van der Waals surface area contributed by atoms with E-state index in [1.54, 1.807) is 4.88 Å². The van der Waals surface area contributed by atoms with E-state index < -0.39 is 0 Å². The van der Waals surface area contributed by atoms with Crippen LogP contribution in [0.15, 0.2) is 17.5 Å². The molecule has 1 aromatic rings. The van der Waals surface area contributed by atoms with Gasteiger partial charge < -0.3 is 5.32 Å². The number of nitrogens with zero attached hydrogens (tertiary/aromatic N) is 1. The summed E-state index contributed by atoms with van der Waals surface area (Å²) in [5.74, 6) is 0.695. The van der Waals surface area contributed by atoms with Crippen LogP contribution in [0.5, 0.6) is 0 Å². The molecule has 0 aromatic carbocycles. The van der Waals surface area contributed by atoms with Crippen LogP contribution in [0.4, 0.5) is 0 Å². The van der Waals surface area contributed by atoms with Gasteiger partial charge in [0.05, 0.1) is 0 Å². The Kier molecular flexibility index (Phi) is 4.25. The zero-order valence-corrected chi connectivity index (χ0v) is 13.0. The van der Waals surface area contributed by atoms with Gasteiger partial charge in [-0.05, 0) is 56.1 Å². The molecule has 1 N–H and O–H groups in total. The van der Waals surface area contributed by atoms with Gasteiger partial charge in [-0.3, -0.25) is 4.90 Å². The molecule has 0 aliphatic carbocycles. The summed E-state index contributed by atoms with van der Waals surface area (Å²) in [6.07, 6.45) is 5.49. The van der Waals surface area contributed by atoms with Crippen molar-refractivity contribution in [2.75, 3.05) is 13.1 Å². The van der Waals surface area contributed by atoms with Gasteiger partial charge in [0.15, 0.2) is 0 Å². The molecule has 2 saturated heterocycles. The molecule has 0 radical (unpaired) electrons. The maximum absolute atomic E-state index is 3.73. The molecule has 0 amide bonds. The summed E-state index contributed by atoms with van der Waals surface area (Å²) in [6, 6.07) is 6.65. The van der Waals surface area contributed by atoms with Gasteiger partial charge in [-0.2, -0.15) is 0 Å². The summed E-state index contributed by atoms with van der Waals surface area (Å²) >= 11 is 1.93. The van der Waals surface area contributed by atoms with E-state index >= 15 is 0 Å². The van der Waals surface area contributed by atoms with E-state index in [2.05, 4.69) is 41.6 Å². The van der Waals surface area contributed by atoms with Gasteiger partial charge in [-0.15, -0.1) is 11.3 Å². The highest BCUT2D eigenvalue weighted by molar-refractivity contribution is 7.10. The Morgan fingerprint density at radius 3 is 2.84 bits per heavy atom. The highest BCUT2D eigenvalue weighted by Gasteiger charge is 2.38. The van der Waals surface area contributed by atoms with Crippen LogP contribution in [0.25, 0.3) is 0 Å². The maximum atomic E-state index is 3.73. The van der Waals surface area contributed by atoms with Crippen LogP contribution in [0.2, 0.25) is 0 Å². The second-order valence-electron chi connectivity index (χ2n) is 6.35. The van der Waals surface area contributed by atoms with Gasteiger partial charge in [0.1, 0.15) is 0 Å². The van der Waals surface area contributed by atoms with Gasteiger partial charge in [0.2, 0.25) is 0 Å². The fourth-order valence-electron chi connectivity index (χ4n) is 3.97. The summed E-state index contributed by atoms with van der Waals surface area (Å²) in [6.45, 7) is 7.26. The van der Waals surface area contributed by atoms with Gasteiger partial charge in [-0.25, -0.2) is 0 Å². The first kappa shape index (κ1) is 13.6. The summed E-state index contributed by atoms with van der Waals surface area (Å²) in [5, 5.41) is 5.96. The summed E-state index contributed by atoms with van der Waals surface area (Å²) < 4.78 is 0. The Bertz CT molecular complexity index is 381. The highest BCUT2D eigenvalue weighted by atomic mass is 32.1. The Morgan fingerprint density at radius 1 is 1.32 bits per heavy atom. The zero-order valence-electron chi connectivity index (χ0n) is 12.1. The summed E-state index contributed by atoms with van der Waals surface area (Å²) in [5.41, 5.74) is 0. The Labute approximate surface area is 121 Å². The average Bonchev–Trinajstić information content (AvgIpc) is 3.11. The molecule has 0 bridgehead atoms. The lowest BCUT2D eigenvalue weighted by molar-refractivity contribution is 0.122. The zero-order chi connectivity index (χ0) is 13.2. The summed E-state index contributed by atoms with van der Waals surface area (Å²) in [4.78, 5) is 4.36. The lowest BCUT2D eigenvalue weighted by atomic mass is 9.97. The fraction of sp³-hybridized carbons (Fsp3) is 0.750. The number of likely N-dealkylation sites (tertiary alicyclic amines) is 1. The summed E-state index contributed by atoms with van der Waals surface area (Å²) in [7, 11) is 0. The third kappa shape index (κ3) is 2.74. The van der Waals surface area contributed by atoms with E-state index in [9.17, 15) is 0 Å². The fourth-order valence-corrected chi connectivity index (χ4v) is 4.99. The van der Waals surface area contributed by atoms with Gasteiger partial charge >= 0.3 is 0 Å². The molecule has 2 nitrogen and oxygen atoms in total. The number of rotatable bonds is 4. The van der Waals surface area contributed by atoms with Crippen LogP contribution in [0, 0.1) is 5.92 Å². The standard InChI is InChI=1S/C16H26N2S/c1-12(2)16(15-8-5-11-19-15)18-10-4-7-14(18)13-6-3-9-17-13/h5,8,11-14,16-17H,3-4,6-7,9-10H2,1-2H3. The van der Waals surface area contributed by atoms with Crippen molar-refractivity contribution in [3.63, 3.8) is 0 Å². The highest BCUT2D eigenvalue weighted by Crippen LogP contribution is 2.38. The molecule has 19 heavy (non-hydrogen) atoms. The molecular formula is C16H26N2S. The quantitative estimate of drug-likeness (QED) is 0.904. The largest absolute Gasteiger partial charge is 0.312 e. The smallest absolute Gasteiger partial charge is 0.0467 e. The van der Waals surface area contributed by atoms with Crippen LogP contribution in [0.3, 0.4) is 0 Å². The molecule has 2 aliphatic rings. The molecule has 106 valence electrons. The van der Waals surface area contributed by atoms with Gasteiger partial charge in [0.25, 0.3) is 0 Å². The SMILES string of the molecule is CC(C)C(c1cccs1)N1CCCC1C1CCCN1. The third-order valence-corrected chi connectivity index (χ3v) is 5.67. The van der Waals surface area contributed by atoms with Crippen molar-refractivity contribution in [1.82, 2.24) is 10.2 Å². The monoisotopic (exact) mass is 278 g/mol. The molecule has 3 heterocycles. The lowest BCUT2D eigenvalue weighted by Crippen LogP contribution is -2.46. The van der Waals surface area contributed by atoms with Gasteiger partial charge in [-0.1, -0.05) is 19.9 Å². The molecule has 1 aromatic heterocycles. The molecule has 3 rings (SSSR count). The minimum atomic E-state index is 0.620. The number of thiophene rings is 1. The predicted octanol–water partition coefficient (Wildman–Crippen LogP) is 3.66. The second-order valence-corrected chi connectivity index (χ2v) is 7.33. The number of nitrogens with one attached hydrogen (secondary N) is 1. The minimum absolute atomic E-state index is 0.620. The number of hydrogen-bond acceptors (Lipinski definition) is 3. The Hall–Kier alpha value is -0.380. The average molecular weight is 278 g/mol. The van der Waals surface area contributed by atoms with Crippen LogP contribution in [0.1, 0.15) is 50.4 Å². The molecule has 0 spiro atoms. The first-order valence-electron chi connectivity index (χ1n) is 7.80. The van der Waals surface area contributed by atoms with Crippen LogP contribution < -0.4 is 5.32 Å². The molecule has 2 fully saturated rings. The lowest BCUT2D eigenvalue weighted by Gasteiger charge is -2.38. The first-order chi connectivity index (χ1) is 9.27. The second kappa shape index (κ2) is 5.94. The van der Waals surface area contributed by atoms with E-state index in [4.69, 9.17) is 0 Å². The number of hydrogen-bond donors (Lipinski definition) is 1. The topological polar surface area (TPSA) is 15.3 Å². The van der Waals surface area contributed by atoms with E-state index in [1.165, 1.54) is 38.8 Å². The van der Waals surface area contributed by atoms with Crippen molar-refractivity contribution in [3.05, 3.63) is 22.4 Å². The molecule has 3 atom stereocenters. The first-order valence-corrected chi connectivity index (χ1v) is 8.68. The van der Waals surface area contributed by atoms with Crippen molar-refractivity contribution in [1.29, 1.82) is 0 Å². The van der Waals surface area contributed by atoms with Crippen molar-refractivity contribution in [2.45, 2.75) is 57.7 Å². The third-order valence-electron chi connectivity index (χ3n) is 4.73.